The highest BCUT2D eigenvalue weighted by molar-refractivity contribution is 5.92. The van der Waals surface area contributed by atoms with E-state index >= 15 is 0 Å². The van der Waals surface area contributed by atoms with Crippen molar-refractivity contribution >= 4 is 17.7 Å². The first-order chi connectivity index (χ1) is 8.10. The zero-order valence-corrected chi connectivity index (χ0v) is 9.90. The van der Waals surface area contributed by atoms with Crippen LogP contribution < -0.4 is 11.1 Å². The fourth-order valence-corrected chi connectivity index (χ4v) is 1.28. The Balaban J connectivity index is 2.77. The molecular formula is C10H16N4O3. The number of carbonyl (C=O) groups excluding carboxylic acids is 2. The van der Waals surface area contributed by atoms with Gasteiger partial charge in [0, 0.05) is 6.54 Å². The lowest BCUT2D eigenvalue weighted by Gasteiger charge is -2.05. The minimum absolute atomic E-state index is 0.0338. The van der Waals surface area contributed by atoms with Gasteiger partial charge in [-0.2, -0.15) is 0 Å². The van der Waals surface area contributed by atoms with E-state index in [-0.39, 0.29) is 30.6 Å². The van der Waals surface area contributed by atoms with Crippen LogP contribution in [0.15, 0.2) is 6.33 Å². The summed E-state index contributed by atoms with van der Waals surface area (Å²) in [6.45, 7) is 4.34. The highest BCUT2D eigenvalue weighted by atomic mass is 16.5. The fourth-order valence-electron chi connectivity index (χ4n) is 1.28. The van der Waals surface area contributed by atoms with Crippen LogP contribution >= 0.6 is 0 Å². The summed E-state index contributed by atoms with van der Waals surface area (Å²) in [5.41, 5.74) is 5.74. The van der Waals surface area contributed by atoms with Crippen molar-refractivity contribution in [1.29, 1.82) is 0 Å². The SMILES string of the molecule is CCNC(=O)Cn1cnc(C(=O)OCC)c1N. The quantitative estimate of drug-likeness (QED) is 0.693. The van der Waals surface area contributed by atoms with E-state index in [0.29, 0.717) is 6.54 Å². The maximum Gasteiger partial charge on any atom is 0.360 e. The second-order valence-electron chi connectivity index (χ2n) is 3.28. The number of hydrogen-bond donors (Lipinski definition) is 2. The Labute approximate surface area is 99.0 Å². The van der Waals surface area contributed by atoms with Crippen LogP contribution in [0.5, 0.6) is 0 Å². The minimum atomic E-state index is -0.584. The van der Waals surface area contributed by atoms with Crippen molar-refractivity contribution in [1.82, 2.24) is 14.9 Å². The summed E-state index contributed by atoms with van der Waals surface area (Å²) in [5.74, 6) is -0.638. The highest BCUT2D eigenvalue weighted by Crippen LogP contribution is 2.11. The third-order valence-electron chi connectivity index (χ3n) is 2.03. The standard InChI is InChI=1S/C10H16N4O3/c1-3-12-7(15)5-14-6-13-8(9(14)11)10(16)17-4-2/h6H,3-5,11H2,1-2H3,(H,12,15). The molecule has 0 bridgehead atoms. The fraction of sp³-hybridized carbons (Fsp3) is 0.500. The molecule has 0 unspecified atom stereocenters. The summed E-state index contributed by atoms with van der Waals surface area (Å²) in [4.78, 5) is 26.6. The number of amides is 1. The summed E-state index contributed by atoms with van der Waals surface area (Å²) in [5, 5.41) is 2.63. The normalized spacial score (nSPS) is 10.0. The topological polar surface area (TPSA) is 99.2 Å². The van der Waals surface area contributed by atoms with E-state index < -0.39 is 5.97 Å². The molecular weight excluding hydrogens is 224 g/mol. The Hall–Kier alpha value is -2.05. The third-order valence-corrected chi connectivity index (χ3v) is 2.03. The second-order valence-corrected chi connectivity index (χ2v) is 3.28. The number of esters is 1. The molecule has 17 heavy (non-hydrogen) atoms. The van der Waals surface area contributed by atoms with E-state index in [2.05, 4.69) is 10.3 Å². The van der Waals surface area contributed by atoms with Gasteiger partial charge in [-0.3, -0.25) is 4.79 Å². The molecule has 1 rings (SSSR count). The number of nitrogen functional groups attached to an aromatic ring is 1. The predicted octanol–water partition coefficient (Wildman–Crippen LogP) is -0.222. The lowest BCUT2D eigenvalue weighted by atomic mass is 10.4. The van der Waals surface area contributed by atoms with Crippen molar-refractivity contribution in [3.8, 4) is 0 Å². The monoisotopic (exact) mass is 240 g/mol. The Morgan fingerprint density at radius 2 is 2.24 bits per heavy atom. The number of anilines is 1. The van der Waals surface area contributed by atoms with Crippen molar-refractivity contribution in [2.24, 2.45) is 0 Å². The first kappa shape index (κ1) is 13.0. The van der Waals surface area contributed by atoms with Crippen LogP contribution in [0.1, 0.15) is 24.3 Å². The van der Waals surface area contributed by atoms with Crippen LogP contribution in [0.2, 0.25) is 0 Å². The van der Waals surface area contributed by atoms with E-state index in [1.807, 2.05) is 6.92 Å². The molecule has 0 fully saturated rings. The van der Waals surface area contributed by atoms with Crippen LogP contribution in [-0.4, -0.2) is 34.6 Å². The van der Waals surface area contributed by atoms with Gasteiger partial charge in [0.1, 0.15) is 12.4 Å². The second kappa shape index (κ2) is 5.88. The van der Waals surface area contributed by atoms with Crippen molar-refractivity contribution in [2.75, 3.05) is 18.9 Å². The Morgan fingerprint density at radius 1 is 1.53 bits per heavy atom. The van der Waals surface area contributed by atoms with Crippen molar-refractivity contribution in [2.45, 2.75) is 20.4 Å². The summed E-state index contributed by atoms with van der Waals surface area (Å²) < 4.78 is 6.18. The third kappa shape index (κ3) is 3.20. The molecule has 94 valence electrons. The number of nitrogens with zero attached hydrogens (tertiary/aromatic N) is 2. The largest absolute Gasteiger partial charge is 0.461 e. The maximum atomic E-state index is 11.4. The van der Waals surface area contributed by atoms with Crippen LogP contribution in [-0.2, 0) is 16.1 Å². The van der Waals surface area contributed by atoms with Crippen molar-refractivity contribution in [3.63, 3.8) is 0 Å². The van der Waals surface area contributed by atoms with E-state index in [1.165, 1.54) is 10.9 Å². The highest BCUT2D eigenvalue weighted by Gasteiger charge is 2.17. The number of likely N-dealkylation sites (N-methyl/N-ethyl adjacent to an activating group) is 1. The summed E-state index contributed by atoms with van der Waals surface area (Å²) in [6, 6.07) is 0. The molecule has 0 atom stereocenters. The van der Waals surface area contributed by atoms with Crippen LogP contribution in [0, 0.1) is 0 Å². The Morgan fingerprint density at radius 3 is 2.82 bits per heavy atom. The van der Waals surface area contributed by atoms with E-state index in [4.69, 9.17) is 10.5 Å². The summed E-state index contributed by atoms with van der Waals surface area (Å²) >= 11 is 0. The van der Waals surface area contributed by atoms with Gasteiger partial charge in [0.15, 0.2) is 5.69 Å². The number of imidazole rings is 1. The van der Waals surface area contributed by atoms with Gasteiger partial charge in [-0.15, -0.1) is 0 Å². The molecule has 0 aliphatic heterocycles. The van der Waals surface area contributed by atoms with Crippen molar-refractivity contribution < 1.29 is 14.3 Å². The zero-order valence-electron chi connectivity index (χ0n) is 9.90. The number of hydrogen-bond acceptors (Lipinski definition) is 5. The Kier molecular flexibility index (Phi) is 4.50. The molecule has 3 N–H and O–H groups in total. The average Bonchev–Trinajstić information content (AvgIpc) is 2.61. The smallest absolute Gasteiger partial charge is 0.360 e. The molecule has 1 heterocycles. The van der Waals surface area contributed by atoms with E-state index in [9.17, 15) is 9.59 Å². The van der Waals surface area contributed by atoms with E-state index in [1.54, 1.807) is 6.92 Å². The van der Waals surface area contributed by atoms with Gasteiger partial charge in [0.2, 0.25) is 5.91 Å². The molecule has 0 aliphatic rings. The number of rotatable bonds is 5. The van der Waals surface area contributed by atoms with Crippen LogP contribution in [0.3, 0.4) is 0 Å². The number of ether oxygens (including phenoxy) is 1. The minimum Gasteiger partial charge on any atom is -0.461 e. The molecule has 7 nitrogen and oxygen atoms in total. The molecule has 0 aliphatic carbocycles. The summed E-state index contributed by atoms with van der Waals surface area (Å²) in [6.07, 6.45) is 1.34. The molecule has 0 radical (unpaired) electrons. The molecule has 1 aromatic rings. The van der Waals surface area contributed by atoms with Crippen LogP contribution in [0.25, 0.3) is 0 Å². The summed E-state index contributed by atoms with van der Waals surface area (Å²) in [7, 11) is 0. The number of nitrogens with two attached hydrogens (primary N) is 1. The van der Waals surface area contributed by atoms with Gasteiger partial charge >= 0.3 is 5.97 Å². The van der Waals surface area contributed by atoms with Crippen molar-refractivity contribution in [3.05, 3.63) is 12.0 Å². The molecule has 7 heteroatoms. The van der Waals surface area contributed by atoms with Gasteiger partial charge in [-0.25, -0.2) is 9.78 Å². The average molecular weight is 240 g/mol. The molecule has 1 amide bonds. The first-order valence-corrected chi connectivity index (χ1v) is 5.34. The van der Waals surface area contributed by atoms with Gasteiger partial charge in [-0.1, -0.05) is 0 Å². The molecule has 0 aromatic carbocycles. The van der Waals surface area contributed by atoms with Gasteiger partial charge in [0.05, 0.1) is 12.9 Å². The number of carbonyl (C=O) groups is 2. The van der Waals surface area contributed by atoms with Gasteiger partial charge < -0.3 is 20.4 Å². The Bertz CT molecular complexity index is 414. The van der Waals surface area contributed by atoms with Gasteiger partial charge in [-0.05, 0) is 13.8 Å². The molecule has 0 spiro atoms. The number of aromatic nitrogens is 2. The predicted molar refractivity (Wildman–Crippen MR) is 61.3 cm³/mol. The molecule has 1 aromatic heterocycles. The maximum absolute atomic E-state index is 11.4. The van der Waals surface area contributed by atoms with Crippen LogP contribution in [0.4, 0.5) is 5.82 Å². The molecule has 0 saturated carbocycles. The lowest BCUT2D eigenvalue weighted by molar-refractivity contribution is -0.121. The lowest BCUT2D eigenvalue weighted by Crippen LogP contribution is -2.27. The van der Waals surface area contributed by atoms with Gasteiger partial charge in [0.25, 0.3) is 0 Å². The first-order valence-electron chi connectivity index (χ1n) is 5.34. The zero-order chi connectivity index (χ0) is 12.8. The molecule has 0 saturated heterocycles. The number of nitrogens with one attached hydrogen (secondary N) is 1. The van der Waals surface area contributed by atoms with E-state index in [0.717, 1.165) is 0 Å².